The molecule has 3 nitrogen and oxygen atoms in total. The van der Waals surface area contributed by atoms with E-state index in [1.807, 2.05) is 11.8 Å². The zero-order valence-electron chi connectivity index (χ0n) is 11.2. The standard InChI is InChI=1S/C14H24O3S/c1-11-8-14(15,10-18-11)12-2-5-17-13(9-12)3-6-16-7-4-13/h11-12,15H,2-10H2,1H3. The van der Waals surface area contributed by atoms with E-state index in [2.05, 4.69) is 6.92 Å². The fourth-order valence-corrected chi connectivity index (χ4v) is 5.10. The summed E-state index contributed by atoms with van der Waals surface area (Å²) < 4.78 is 11.5. The van der Waals surface area contributed by atoms with E-state index in [4.69, 9.17) is 9.47 Å². The van der Waals surface area contributed by atoms with E-state index < -0.39 is 5.60 Å². The Balaban J connectivity index is 1.70. The van der Waals surface area contributed by atoms with Crippen molar-refractivity contribution in [2.24, 2.45) is 5.92 Å². The molecule has 1 spiro atoms. The Bertz CT molecular complexity index is 298. The Labute approximate surface area is 114 Å². The summed E-state index contributed by atoms with van der Waals surface area (Å²) >= 11 is 1.92. The van der Waals surface area contributed by atoms with E-state index in [0.717, 1.165) is 57.7 Å². The van der Waals surface area contributed by atoms with Crippen LogP contribution in [0, 0.1) is 5.92 Å². The van der Waals surface area contributed by atoms with Gasteiger partial charge in [-0.05, 0) is 38.0 Å². The monoisotopic (exact) mass is 272 g/mol. The maximum absolute atomic E-state index is 10.9. The van der Waals surface area contributed by atoms with E-state index >= 15 is 0 Å². The van der Waals surface area contributed by atoms with Crippen LogP contribution in [-0.2, 0) is 9.47 Å². The van der Waals surface area contributed by atoms with Gasteiger partial charge >= 0.3 is 0 Å². The summed E-state index contributed by atoms with van der Waals surface area (Å²) in [5.41, 5.74) is -0.438. The third-order valence-electron chi connectivity index (χ3n) is 4.92. The van der Waals surface area contributed by atoms with Gasteiger partial charge in [0, 0.05) is 30.8 Å². The molecule has 3 rings (SSSR count). The van der Waals surface area contributed by atoms with Gasteiger partial charge in [0.2, 0.25) is 0 Å². The molecule has 4 heteroatoms. The molecule has 104 valence electrons. The topological polar surface area (TPSA) is 38.7 Å². The summed E-state index contributed by atoms with van der Waals surface area (Å²) in [5.74, 6) is 1.33. The average molecular weight is 272 g/mol. The number of thioether (sulfide) groups is 1. The van der Waals surface area contributed by atoms with E-state index in [1.165, 1.54) is 0 Å². The van der Waals surface area contributed by atoms with Crippen LogP contribution in [0.4, 0.5) is 0 Å². The van der Waals surface area contributed by atoms with E-state index in [0.29, 0.717) is 11.2 Å². The van der Waals surface area contributed by atoms with Gasteiger partial charge in [0.25, 0.3) is 0 Å². The molecule has 0 radical (unpaired) electrons. The first kappa shape index (κ1) is 13.2. The molecular formula is C14H24O3S. The zero-order chi connectivity index (χ0) is 12.6. The van der Waals surface area contributed by atoms with Crippen LogP contribution in [0.1, 0.15) is 39.0 Å². The first-order chi connectivity index (χ1) is 8.62. The normalized spacial score (nSPS) is 44.3. The predicted molar refractivity (Wildman–Crippen MR) is 72.9 cm³/mol. The van der Waals surface area contributed by atoms with Crippen molar-refractivity contribution in [1.82, 2.24) is 0 Å². The van der Waals surface area contributed by atoms with Crippen molar-refractivity contribution >= 4 is 11.8 Å². The van der Waals surface area contributed by atoms with Crippen molar-refractivity contribution < 1.29 is 14.6 Å². The van der Waals surface area contributed by atoms with E-state index in [1.54, 1.807) is 0 Å². The number of ether oxygens (including phenoxy) is 2. The molecule has 0 aromatic heterocycles. The lowest BCUT2D eigenvalue weighted by Crippen LogP contribution is -2.51. The third kappa shape index (κ3) is 2.45. The van der Waals surface area contributed by atoms with Crippen LogP contribution in [0.3, 0.4) is 0 Å². The van der Waals surface area contributed by atoms with Crippen LogP contribution >= 0.6 is 11.8 Å². The second-order valence-corrected chi connectivity index (χ2v) is 7.69. The molecule has 3 aliphatic heterocycles. The van der Waals surface area contributed by atoms with Crippen molar-refractivity contribution in [3.05, 3.63) is 0 Å². The molecule has 0 bridgehead atoms. The number of hydrogen-bond donors (Lipinski definition) is 1. The summed E-state index contributed by atoms with van der Waals surface area (Å²) in [6.45, 7) is 4.67. The van der Waals surface area contributed by atoms with Gasteiger partial charge in [0.05, 0.1) is 11.2 Å². The maximum Gasteiger partial charge on any atom is 0.0778 e. The fraction of sp³-hybridized carbons (Fsp3) is 1.00. The molecule has 3 aliphatic rings. The van der Waals surface area contributed by atoms with Crippen molar-refractivity contribution in [2.75, 3.05) is 25.6 Å². The molecule has 18 heavy (non-hydrogen) atoms. The molecule has 3 fully saturated rings. The molecule has 0 amide bonds. The lowest BCUT2D eigenvalue weighted by Gasteiger charge is -2.47. The Morgan fingerprint density at radius 1 is 1.17 bits per heavy atom. The van der Waals surface area contributed by atoms with Crippen molar-refractivity contribution in [2.45, 2.75) is 55.5 Å². The molecule has 0 aromatic rings. The highest BCUT2D eigenvalue weighted by molar-refractivity contribution is 8.00. The zero-order valence-corrected chi connectivity index (χ0v) is 12.0. The second-order valence-electron chi connectivity index (χ2n) is 6.26. The Morgan fingerprint density at radius 3 is 2.61 bits per heavy atom. The van der Waals surface area contributed by atoms with Gasteiger partial charge in [-0.2, -0.15) is 11.8 Å². The number of hydrogen-bond acceptors (Lipinski definition) is 4. The largest absolute Gasteiger partial charge is 0.389 e. The van der Waals surface area contributed by atoms with Gasteiger partial charge in [0.15, 0.2) is 0 Å². The summed E-state index contributed by atoms with van der Waals surface area (Å²) in [5, 5.41) is 11.5. The molecule has 0 saturated carbocycles. The first-order valence-electron chi connectivity index (χ1n) is 7.18. The summed E-state index contributed by atoms with van der Waals surface area (Å²) in [6.07, 6.45) is 5.01. The minimum atomic E-state index is -0.445. The molecule has 3 heterocycles. The fourth-order valence-electron chi connectivity index (χ4n) is 3.76. The highest BCUT2D eigenvalue weighted by Gasteiger charge is 2.49. The summed E-state index contributed by atoms with van der Waals surface area (Å²) in [4.78, 5) is 0. The predicted octanol–water partition coefficient (Wildman–Crippen LogP) is 2.22. The molecule has 1 N–H and O–H groups in total. The lowest BCUT2D eigenvalue weighted by molar-refractivity contribution is -0.171. The van der Waals surface area contributed by atoms with Gasteiger partial charge in [-0.1, -0.05) is 6.92 Å². The van der Waals surface area contributed by atoms with Crippen LogP contribution in [0.2, 0.25) is 0 Å². The van der Waals surface area contributed by atoms with Crippen LogP contribution in [0.15, 0.2) is 0 Å². The van der Waals surface area contributed by atoms with Crippen LogP contribution < -0.4 is 0 Å². The van der Waals surface area contributed by atoms with Crippen molar-refractivity contribution in [3.63, 3.8) is 0 Å². The van der Waals surface area contributed by atoms with Gasteiger partial charge in [-0.15, -0.1) is 0 Å². The molecule has 3 unspecified atom stereocenters. The Morgan fingerprint density at radius 2 is 1.94 bits per heavy atom. The summed E-state index contributed by atoms with van der Waals surface area (Å²) in [7, 11) is 0. The summed E-state index contributed by atoms with van der Waals surface area (Å²) in [6, 6.07) is 0. The van der Waals surface area contributed by atoms with Gasteiger partial charge in [-0.3, -0.25) is 0 Å². The minimum absolute atomic E-state index is 0.00733. The Kier molecular flexibility index (Phi) is 3.65. The van der Waals surface area contributed by atoms with Crippen molar-refractivity contribution in [1.29, 1.82) is 0 Å². The Hall–Kier alpha value is 0.230. The van der Waals surface area contributed by atoms with Gasteiger partial charge < -0.3 is 14.6 Å². The first-order valence-corrected chi connectivity index (χ1v) is 8.23. The third-order valence-corrected chi connectivity index (χ3v) is 6.32. The molecule has 3 atom stereocenters. The highest BCUT2D eigenvalue weighted by atomic mass is 32.2. The smallest absolute Gasteiger partial charge is 0.0778 e. The van der Waals surface area contributed by atoms with Crippen molar-refractivity contribution in [3.8, 4) is 0 Å². The van der Waals surface area contributed by atoms with Crippen LogP contribution in [-0.4, -0.2) is 47.1 Å². The number of rotatable bonds is 1. The molecular weight excluding hydrogens is 248 g/mol. The van der Waals surface area contributed by atoms with Crippen LogP contribution in [0.25, 0.3) is 0 Å². The van der Waals surface area contributed by atoms with Gasteiger partial charge in [-0.25, -0.2) is 0 Å². The average Bonchev–Trinajstić information content (AvgIpc) is 2.72. The maximum atomic E-state index is 10.9. The van der Waals surface area contributed by atoms with E-state index in [-0.39, 0.29) is 5.60 Å². The molecule has 0 aliphatic carbocycles. The molecule has 0 aromatic carbocycles. The number of aliphatic hydroxyl groups is 1. The highest BCUT2D eigenvalue weighted by Crippen LogP contribution is 2.47. The van der Waals surface area contributed by atoms with Crippen LogP contribution in [0.5, 0.6) is 0 Å². The SMILES string of the molecule is CC1CC(O)(C2CCOC3(CCOCC3)C2)CS1. The second kappa shape index (κ2) is 4.97. The quantitative estimate of drug-likeness (QED) is 0.794. The van der Waals surface area contributed by atoms with E-state index in [9.17, 15) is 5.11 Å². The minimum Gasteiger partial charge on any atom is -0.389 e. The molecule has 3 saturated heterocycles. The van der Waals surface area contributed by atoms with Gasteiger partial charge in [0.1, 0.15) is 0 Å². The lowest BCUT2D eigenvalue weighted by atomic mass is 9.72.